The first kappa shape index (κ1) is 19.4. The Morgan fingerprint density at radius 1 is 1.37 bits per heavy atom. The molecular weight excluding hydrogens is 359 g/mol. The van der Waals surface area contributed by atoms with Gasteiger partial charge >= 0.3 is 6.18 Å². The number of hydrogen-bond acceptors (Lipinski definition) is 3. The van der Waals surface area contributed by atoms with Crippen LogP contribution in [0.2, 0.25) is 0 Å². The summed E-state index contributed by atoms with van der Waals surface area (Å²) >= 11 is 0. The lowest BCUT2D eigenvalue weighted by Gasteiger charge is -2.16. The number of carbonyl (C=O) groups excluding carboxylic acids is 1. The molecule has 0 bridgehead atoms. The molecule has 146 valence electrons. The first-order chi connectivity index (χ1) is 12.7. The van der Waals surface area contributed by atoms with Crippen molar-refractivity contribution in [2.75, 3.05) is 6.61 Å². The number of benzene rings is 1. The number of amides is 1. The van der Waals surface area contributed by atoms with Crippen LogP contribution in [0.4, 0.5) is 13.2 Å². The largest absolute Gasteiger partial charge is 0.416 e. The van der Waals surface area contributed by atoms with Crippen LogP contribution in [0.5, 0.6) is 0 Å². The Balaban J connectivity index is 1.82. The number of nitrogens with zero attached hydrogens (tertiary/aromatic N) is 2. The Bertz CT molecular complexity index is 845. The van der Waals surface area contributed by atoms with Gasteiger partial charge in [0.05, 0.1) is 35.5 Å². The van der Waals surface area contributed by atoms with E-state index in [0.717, 1.165) is 24.1 Å². The van der Waals surface area contributed by atoms with Gasteiger partial charge in [-0.15, -0.1) is 0 Å². The van der Waals surface area contributed by atoms with Crippen LogP contribution in [0, 0.1) is 13.8 Å². The van der Waals surface area contributed by atoms with Gasteiger partial charge in [-0.2, -0.15) is 18.3 Å². The molecule has 0 aliphatic carbocycles. The molecule has 8 heteroatoms. The van der Waals surface area contributed by atoms with Gasteiger partial charge in [-0.1, -0.05) is 6.07 Å². The number of ether oxygens (including phenoxy) is 1. The van der Waals surface area contributed by atoms with Crippen molar-refractivity contribution in [1.82, 2.24) is 15.1 Å². The molecule has 1 fully saturated rings. The zero-order chi connectivity index (χ0) is 19.8. The molecular formula is C19H22F3N3O2. The fourth-order valence-electron chi connectivity index (χ4n) is 3.34. The average molecular weight is 381 g/mol. The first-order valence-electron chi connectivity index (χ1n) is 8.80. The number of aryl methyl sites for hydroxylation is 1. The van der Waals surface area contributed by atoms with Gasteiger partial charge in [0.1, 0.15) is 0 Å². The predicted octanol–water partition coefficient (Wildman–Crippen LogP) is 3.34. The summed E-state index contributed by atoms with van der Waals surface area (Å²) in [7, 11) is 0. The van der Waals surface area contributed by atoms with Crippen LogP contribution in [0.1, 0.15) is 35.9 Å². The van der Waals surface area contributed by atoms with Gasteiger partial charge in [-0.3, -0.25) is 4.79 Å². The lowest BCUT2D eigenvalue weighted by Crippen LogP contribution is -2.40. The summed E-state index contributed by atoms with van der Waals surface area (Å²) in [4.78, 5) is 12.4. The van der Waals surface area contributed by atoms with E-state index in [-0.39, 0.29) is 24.5 Å². The Labute approximate surface area is 155 Å². The molecule has 0 unspecified atom stereocenters. The van der Waals surface area contributed by atoms with E-state index in [0.29, 0.717) is 23.7 Å². The van der Waals surface area contributed by atoms with Crippen molar-refractivity contribution in [3.8, 4) is 5.69 Å². The summed E-state index contributed by atoms with van der Waals surface area (Å²) in [5.41, 5.74) is 1.57. The molecule has 2 heterocycles. The summed E-state index contributed by atoms with van der Waals surface area (Å²) in [5, 5.41) is 7.31. The number of alkyl halides is 3. The first-order valence-corrected chi connectivity index (χ1v) is 8.80. The molecule has 3 rings (SSSR count). The molecule has 0 radical (unpaired) electrons. The van der Waals surface area contributed by atoms with Gasteiger partial charge in [-0.05, 0) is 45.4 Å². The maximum absolute atomic E-state index is 13.0. The van der Waals surface area contributed by atoms with Gasteiger partial charge in [0, 0.05) is 17.9 Å². The van der Waals surface area contributed by atoms with Gasteiger partial charge in [-0.25, -0.2) is 4.68 Å². The summed E-state index contributed by atoms with van der Waals surface area (Å²) < 4.78 is 45.8. The van der Waals surface area contributed by atoms with Crippen LogP contribution in [-0.4, -0.2) is 34.4 Å². The molecule has 2 atom stereocenters. The Morgan fingerprint density at radius 2 is 2.11 bits per heavy atom. The Hall–Kier alpha value is -2.35. The van der Waals surface area contributed by atoms with E-state index >= 15 is 0 Å². The highest BCUT2D eigenvalue weighted by Crippen LogP contribution is 2.31. The van der Waals surface area contributed by atoms with Crippen LogP contribution in [-0.2, 0) is 22.1 Å². The number of carbonyl (C=O) groups is 1. The monoisotopic (exact) mass is 381 g/mol. The highest BCUT2D eigenvalue weighted by molar-refractivity contribution is 5.79. The minimum atomic E-state index is -4.42. The smallest absolute Gasteiger partial charge is 0.376 e. The van der Waals surface area contributed by atoms with Crippen molar-refractivity contribution in [1.29, 1.82) is 0 Å². The number of rotatable bonds is 4. The number of halogens is 3. The van der Waals surface area contributed by atoms with Crippen LogP contribution >= 0.6 is 0 Å². The molecule has 5 nitrogen and oxygen atoms in total. The van der Waals surface area contributed by atoms with Gasteiger partial charge < -0.3 is 10.1 Å². The minimum Gasteiger partial charge on any atom is -0.376 e. The predicted molar refractivity (Wildman–Crippen MR) is 93.7 cm³/mol. The zero-order valence-electron chi connectivity index (χ0n) is 15.4. The Morgan fingerprint density at radius 3 is 2.74 bits per heavy atom. The number of hydrogen-bond donors (Lipinski definition) is 1. The second-order valence-electron chi connectivity index (χ2n) is 6.82. The highest BCUT2D eigenvalue weighted by atomic mass is 19.4. The Kier molecular flexibility index (Phi) is 5.28. The number of nitrogens with one attached hydrogen (secondary N) is 1. The van der Waals surface area contributed by atoms with Crippen molar-refractivity contribution in [2.45, 2.75) is 51.9 Å². The molecule has 1 aromatic carbocycles. The molecule has 1 saturated heterocycles. The van der Waals surface area contributed by atoms with Gasteiger partial charge in [0.2, 0.25) is 5.91 Å². The van der Waals surface area contributed by atoms with Crippen molar-refractivity contribution < 1.29 is 22.7 Å². The molecule has 1 aromatic heterocycles. The zero-order valence-corrected chi connectivity index (χ0v) is 15.4. The number of aromatic nitrogens is 2. The standard InChI is InChI=1S/C19H22F3N3O2/c1-11-16(10-18(26)23-17-7-8-27-13(17)3)12(2)25(24-11)15-6-4-5-14(9-15)19(20,21)22/h4-6,9,13,17H,7-8,10H2,1-3H3,(H,23,26)/t13-,17+/m1/s1. The minimum absolute atomic E-state index is 0.0170. The van der Waals surface area contributed by atoms with E-state index in [2.05, 4.69) is 10.4 Å². The SMILES string of the molecule is Cc1nn(-c2cccc(C(F)(F)F)c2)c(C)c1CC(=O)N[C@H]1CCO[C@@H]1C. The van der Waals surface area contributed by atoms with Crippen LogP contribution < -0.4 is 5.32 Å². The molecule has 1 aliphatic rings. The summed E-state index contributed by atoms with van der Waals surface area (Å²) in [5.74, 6) is -0.146. The molecule has 1 amide bonds. The van der Waals surface area contributed by atoms with E-state index in [1.807, 2.05) is 6.92 Å². The summed E-state index contributed by atoms with van der Waals surface area (Å²) in [6, 6.07) is 4.98. The van der Waals surface area contributed by atoms with Crippen molar-refractivity contribution >= 4 is 5.91 Å². The summed E-state index contributed by atoms with van der Waals surface area (Å²) in [6.45, 7) is 6.04. The molecule has 2 aromatic rings. The third-order valence-electron chi connectivity index (χ3n) is 4.92. The fraction of sp³-hybridized carbons (Fsp3) is 0.474. The highest BCUT2D eigenvalue weighted by Gasteiger charge is 2.31. The maximum atomic E-state index is 13.0. The molecule has 1 aliphatic heterocycles. The molecule has 0 spiro atoms. The van der Waals surface area contributed by atoms with E-state index in [1.165, 1.54) is 10.7 Å². The van der Waals surface area contributed by atoms with Crippen molar-refractivity contribution in [3.63, 3.8) is 0 Å². The normalized spacial score (nSPS) is 20.1. The average Bonchev–Trinajstić information content (AvgIpc) is 3.12. The topological polar surface area (TPSA) is 56.2 Å². The summed E-state index contributed by atoms with van der Waals surface area (Å²) in [6.07, 6.45) is -3.55. The molecule has 27 heavy (non-hydrogen) atoms. The van der Waals surface area contributed by atoms with Gasteiger partial charge in [0.25, 0.3) is 0 Å². The second-order valence-corrected chi connectivity index (χ2v) is 6.82. The van der Waals surface area contributed by atoms with E-state index < -0.39 is 11.7 Å². The van der Waals surface area contributed by atoms with Crippen molar-refractivity contribution in [2.24, 2.45) is 0 Å². The van der Waals surface area contributed by atoms with E-state index in [9.17, 15) is 18.0 Å². The lowest BCUT2D eigenvalue weighted by molar-refractivity contribution is -0.137. The van der Waals surface area contributed by atoms with Crippen molar-refractivity contribution in [3.05, 3.63) is 46.8 Å². The van der Waals surface area contributed by atoms with Crippen LogP contribution in [0.25, 0.3) is 5.69 Å². The maximum Gasteiger partial charge on any atom is 0.416 e. The quantitative estimate of drug-likeness (QED) is 0.884. The van der Waals surface area contributed by atoms with Crippen LogP contribution in [0.15, 0.2) is 24.3 Å². The van der Waals surface area contributed by atoms with E-state index in [1.54, 1.807) is 19.9 Å². The molecule has 1 N–H and O–H groups in total. The lowest BCUT2D eigenvalue weighted by atomic mass is 10.1. The van der Waals surface area contributed by atoms with Crippen LogP contribution in [0.3, 0.4) is 0 Å². The third kappa shape index (κ3) is 4.16. The fourth-order valence-corrected chi connectivity index (χ4v) is 3.34. The second kappa shape index (κ2) is 7.34. The van der Waals surface area contributed by atoms with Gasteiger partial charge in [0.15, 0.2) is 0 Å². The van der Waals surface area contributed by atoms with E-state index in [4.69, 9.17) is 4.74 Å². The third-order valence-corrected chi connectivity index (χ3v) is 4.92. The molecule has 0 saturated carbocycles.